The smallest absolute Gasteiger partial charge is 0.229 e. The van der Waals surface area contributed by atoms with E-state index in [1.807, 2.05) is 0 Å². The Labute approximate surface area is 138 Å². The first-order valence-electron chi connectivity index (χ1n) is 7.61. The van der Waals surface area contributed by atoms with Crippen molar-refractivity contribution >= 4 is 17.5 Å². The molecule has 1 heterocycles. The number of nitrogens with one attached hydrogen (secondary N) is 1. The molecular weight excluding hydrogens is 314 g/mol. The normalized spacial score (nSPS) is 17.2. The molecular formula is C18H16F2N2O2. The molecule has 0 saturated carbocycles. The van der Waals surface area contributed by atoms with Gasteiger partial charge in [-0.3, -0.25) is 9.59 Å². The van der Waals surface area contributed by atoms with Gasteiger partial charge in [0, 0.05) is 18.7 Å². The van der Waals surface area contributed by atoms with Crippen molar-refractivity contribution in [3.8, 4) is 0 Å². The molecule has 1 unspecified atom stereocenters. The Kier molecular flexibility index (Phi) is 4.55. The largest absolute Gasteiger partial charge is 0.351 e. The fraction of sp³-hybridized carbons (Fsp3) is 0.222. The zero-order chi connectivity index (χ0) is 17.1. The summed E-state index contributed by atoms with van der Waals surface area (Å²) in [5.41, 5.74) is 1.31. The minimum Gasteiger partial charge on any atom is -0.351 e. The van der Waals surface area contributed by atoms with Crippen molar-refractivity contribution in [1.82, 2.24) is 5.32 Å². The molecule has 2 amide bonds. The highest BCUT2D eigenvalue weighted by Crippen LogP contribution is 2.21. The quantitative estimate of drug-likeness (QED) is 0.936. The number of benzene rings is 2. The lowest BCUT2D eigenvalue weighted by atomic mass is 10.1. The lowest BCUT2D eigenvalue weighted by Gasteiger charge is -2.17. The number of amides is 2. The van der Waals surface area contributed by atoms with E-state index in [4.69, 9.17) is 0 Å². The second-order valence-electron chi connectivity index (χ2n) is 5.75. The first-order valence-corrected chi connectivity index (χ1v) is 7.61. The highest BCUT2D eigenvalue weighted by atomic mass is 19.1. The fourth-order valence-corrected chi connectivity index (χ4v) is 2.74. The van der Waals surface area contributed by atoms with E-state index in [9.17, 15) is 18.4 Å². The summed E-state index contributed by atoms with van der Waals surface area (Å²) in [4.78, 5) is 25.7. The van der Waals surface area contributed by atoms with Gasteiger partial charge in [0.25, 0.3) is 0 Å². The van der Waals surface area contributed by atoms with Crippen molar-refractivity contribution in [3.63, 3.8) is 0 Å². The number of hydrogen-bond donors (Lipinski definition) is 1. The van der Waals surface area contributed by atoms with Gasteiger partial charge in [-0.15, -0.1) is 0 Å². The van der Waals surface area contributed by atoms with Crippen LogP contribution in [0, 0.1) is 11.6 Å². The molecule has 1 atom stereocenters. The van der Waals surface area contributed by atoms with E-state index in [-0.39, 0.29) is 42.3 Å². The topological polar surface area (TPSA) is 49.4 Å². The third kappa shape index (κ3) is 3.76. The van der Waals surface area contributed by atoms with Crippen LogP contribution in [0.5, 0.6) is 0 Å². The Hall–Kier alpha value is -2.76. The van der Waals surface area contributed by atoms with E-state index < -0.39 is 0 Å². The SMILES string of the molecule is O=C(Cc1ccc(F)cc1)NC1CC(=O)N(c2ccc(F)cc2)C1. The number of carbonyl (C=O) groups is 2. The summed E-state index contributed by atoms with van der Waals surface area (Å²) in [6, 6.07) is 11.1. The zero-order valence-electron chi connectivity index (χ0n) is 12.8. The van der Waals surface area contributed by atoms with Gasteiger partial charge in [0.2, 0.25) is 11.8 Å². The lowest BCUT2D eigenvalue weighted by molar-refractivity contribution is -0.121. The van der Waals surface area contributed by atoms with E-state index in [0.29, 0.717) is 17.8 Å². The van der Waals surface area contributed by atoms with E-state index in [2.05, 4.69) is 5.32 Å². The van der Waals surface area contributed by atoms with Gasteiger partial charge in [-0.2, -0.15) is 0 Å². The second-order valence-corrected chi connectivity index (χ2v) is 5.75. The highest BCUT2D eigenvalue weighted by molar-refractivity contribution is 5.96. The van der Waals surface area contributed by atoms with Crippen molar-refractivity contribution in [1.29, 1.82) is 0 Å². The summed E-state index contributed by atoms with van der Waals surface area (Å²) in [5.74, 6) is -1.06. The molecule has 2 aromatic rings. The van der Waals surface area contributed by atoms with Crippen LogP contribution >= 0.6 is 0 Å². The molecule has 1 aliphatic rings. The fourth-order valence-electron chi connectivity index (χ4n) is 2.74. The summed E-state index contributed by atoms with van der Waals surface area (Å²) in [7, 11) is 0. The average Bonchev–Trinajstić information content (AvgIpc) is 2.90. The molecule has 0 aliphatic carbocycles. The monoisotopic (exact) mass is 330 g/mol. The maximum absolute atomic E-state index is 13.0. The molecule has 0 spiro atoms. The third-order valence-corrected chi connectivity index (χ3v) is 3.91. The Morgan fingerprint density at radius 1 is 1.04 bits per heavy atom. The Morgan fingerprint density at radius 2 is 1.62 bits per heavy atom. The molecule has 4 nitrogen and oxygen atoms in total. The predicted octanol–water partition coefficient (Wildman–Crippen LogP) is 2.43. The van der Waals surface area contributed by atoms with Crippen LogP contribution in [0.1, 0.15) is 12.0 Å². The number of halogens is 2. The molecule has 3 rings (SSSR count). The van der Waals surface area contributed by atoms with Crippen LogP contribution in [-0.4, -0.2) is 24.4 Å². The molecule has 0 radical (unpaired) electrons. The van der Waals surface area contributed by atoms with Gasteiger partial charge in [0.15, 0.2) is 0 Å². The van der Waals surface area contributed by atoms with Gasteiger partial charge < -0.3 is 10.2 Å². The molecule has 6 heteroatoms. The van der Waals surface area contributed by atoms with Crippen LogP contribution in [0.2, 0.25) is 0 Å². The van der Waals surface area contributed by atoms with E-state index >= 15 is 0 Å². The van der Waals surface area contributed by atoms with Crippen LogP contribution in [0.25, 0.3) is 0 Å². The molecule has 2 aromatic carbocycles. The van der Waals surface area contributed by atoms with Crippen LogP contribution in [-0.2, 0) is 16.0 Å². The Morgan fingerprint density at radius 3 is 2.25 bits per heavy atom. The van der Waals surface area contributed by atoms with Crippen molar-refractivity contribution in [3.05, 3.63) is 65.7 Å². The first kappa shape index (κ1) is 16.1. The number of anilines is 1. The number of hydrogen-bond acceptors (Lipinski definition) is 2. The molecule has 0 aromatic heterocycles. The molecule has 1 N–H and O–H groups in total. The zero-order valence-corrected chi connectivity index (χ0v) is 12.8. The van der Waals surface area contributed by atoms with Crippen LogP contribution < -0.4 is 10.2 Å². The van der Waals surface area contributed by atoms with E-state index in [1.165, 1.54) is 41.3 Å². The summed E-state index contributed by atoms with van der Waals surface area (Å²) < 4.78 is 25.8. The van der Waals surface area contributed by atoms with Crippen molar-refractivity contribution in [2.24, 2.45) is 0 Å². The van der Waals surface area contributed by atoms with Gasteiger partial charge >= 0.3 is 0 Å². The maximum Gasteiger partial charge on any atom is 0.229 e. The molecule has 24 heavy (non-hydrogen) atoms. The minimum absolute atomic E-state index is 0.117. The minimum atomic E-state index is -0.366. The van der Waals surface area contributed by atoms with E-state index in [0.717, 1.165) is 0 Å². The molecule has 0 bridgehead atoms. The average molecular weight is 330 g/mol. The first-order chi connectivity index (χ1) is 11.5. The number of nitrogens with zero attached hydrogens (tertiary/aromatic N) is 1. The standard InChI is InChI=1S/C18H16F2N2O2/c19-13-3-1-12(2-4-13)9-17(23)21-15-10-18(24)22(11-15)16-7-5-14(20)6-8-16/h1-8,15H,9-11H2,(H,21,23). The summed E-state index contributed by atoms with van der Waals surface area (Å²) in [6.45, 7) is 0.347. The van der Waals surface area contributed by atoms with Crippen molar-refractivity contribution in [2.45, 2.75) is 18.9 Å². The third-order valence-electron chi connectivity index (χ3n) is 3.91. The Bertz CT molecular complexity index is 745. The summed E-state index contributed by atoms with van der Waals surface area (Å²) >= 11 is 0. The Balaban J connectivity index is 1.58. The second kappa shape index (κ2) is 6.78. The summed E-state index contributed by atoms with van der Waals surface area (Å²) in [6.07, 6.45) is 0.327. The van der Waals surface area contributed by atoms with Crippen LogP contribution in [0.4, 0.5) is 14.5 Å². The van der Waals surface area contributed by atoms with Crippen LogP contribution in [0.15, 0.2) is 48.5 Å². The van der Waals surface area contributed by atoms with Crippen LogP contribution in [0.3, 0.4) is 0 Å². The van der Waals surface area contributed by atoms with Crippen molar-refractivity contribution in [2.75, 3.05) is 11.4 Å². The van der Waals surface area contributed by atoms with Gasteiger partial charge in [-0.25, -0.2) is 8.78 Å². The summed E-state index contributed by atoms with van der Waals surface area (Å²) in [5, 5.41) is 2.81. The van der Waals surface area contributed by atoms with Gasteiger partial charge in [-0.1, -0.05) is 12.1 Å². The predicted molar refractivity (Wildman–Crippen MR) is 85.4 cm³/mol. The van der Waals surface area contributed by atoms with E-state index in [1.54, 1.807) is 12.1 Å². The van der Waals surface area contributed by atoms with Crippen molar-refractivity contribution < 1.29 is 18.4 Å². The van der Waals surface area contributed by atoms with Gasteiger partial charge in [0.1, 0.15) is 11.6 Å². The highest BCUT2D eigenvalue weighted by Gasteiger charge is 2.31. The molecule has 1 saturated heterocycles. The molecule has 1 aliphatic heterocycles. The molecule has 1 fully saturated rings. The molecule has 124 valence electrons. The number of rotatable bonds is 4. The van der Waals surface area contributed by atoms with Gasteiger partial charge in [-0.05, 0) is 42.0 Å². The number of carbonyl (C=O) groups excluding carboxylic acids is 2. The van der Waals surface area contributed by atoms with Gasteiger partial charge in [0.05, 0.1) is 12.5 Å². The maximum atomic E-state index is 13.0. The lowest BCUT2D eigenvalue weighted by Crippen LogP contribution is -2.38.